The quantitative estimate of drug-likeness (QED) is 0.481. The van der Waals surface area contributed by atoms with Gasteiger partial charge in [-0.25, -0.2) is 13.4 Å². The maximum atomic E-state index is 12.7. The molecule has 33 heavy (non-hydrogen) atoms. The Morgan fingerprint density at radius 3 is 2.61 bits per heavy atom. The SMILES string of the molecule is CC.Cc1nc2ccc(CNC(=O)Cn3c(C)cc(S(=O)(=O)CC4CC4)c(N)c3=O)cc2[nH]1. The van der Waals surface area contributed by atoms with Crippen LogP contribution in [0.3, 0.4) is 0 Å². The Morgan fingerprint density at radius 2 is 1.94 bits per heavy atom. The van der Waals surface area contributed by atoms with Gasteiger partial charge in [0.1, 0.15) is 18.1 Å². The maximum absolute atomic E-state index is 12.7. The van der Waals surface area contributed by atoms with Gasteiger partial charge in [0.05, 0.1) is 21.7 Å². The number of pyridine rings is 1. The topological polar surface area (TPSA) is 140 Å². The van der Waals surface area contributed by atoms with Gasteiger partial charge in [0, 0.05) is 12.2 Å². The molecule has 3 aromatic rings. The lowest BCUT2D eigenvalue weighted by molar-refractivity contribution is -0.121. The van der Waals surface area contributed by atoms with Gasteiger partial charge in [0.15, 0.2) is 9.84 Å². The lowest BCUT2D eigenvalue weighted by Crippen LogP contribution is -2.35. The third-order valence-electron chi connectivity index (χ3n) is 5.45. The first-order chi connectivity index (χ1) is 15.6. The van der Waals surface area contributed by atoms with E-state index >= 15 is 0 Å². The normalized spacial score (nSPS) is 13.5. The van der Waals surface area contributed by atoms with Gasteiger partial charge >= 0.3 is 0 Å². The minimum atomic E-state index is -3.63. The van der Waals surface area contributed by atoms with Crippen molar-refractivity contribution in [3.8, 4) is 0 Å². The number of nitrogens with one attached hydrogen (secondary N) is 2. The number of rotatable bonds is 7. The van der Waals surface area contributed by atoms with Crippen molar-refractivity contribution in [3.63, 3.8) is 0 Å². The van der Waals surface area contributed by atoms with Gasteiger partial charge in [-0.2, -0.15) is 0 Å². The number of imidazole rings is 1. The van der Waals surface area contributed by atoms with E-state index in [4.69, 9.17) is 5.73 Å². The number of aromatic amines is 1. The molecular formula is C23H31N5O4S. The average molecular weight is 474 g/mol. The highest BCUT2D eigenvalue weighted by molar-refractivity contribution is 7.91. The smallest absolute Gasteiger partial charge is 0.275 e. The van der Waals surface area contributed by atoms with Crippen LogP contribution in [0.25, 0.3) is 11.0 Å². The molecule has 4 N–H and O–H groups in total. The number of nitrogen functional groups attached to an aromatic ring is 1. The molecular weight excluding hydrogens is 442 g/mol. The summed E-state index contributed by atoms with van der Waals surface area (Å²) in [5.74, 6) is 0.578. The number of amides is 1. The molecule has 4 rings (SSSR count). The number of hydrogen-bond donors (Lipinski definition) is 3. The van der Waals surface area contributed by atoms with Crippen molar-refractivity contribution in [2.75, 3.05) is 11.5 Å². The number of fused-ring (bicyclic) bond motifs is 1. The van der Waals surface area contributed by atoms with Crippen molar-refractivity contribution >= 4 is 32.5 Å². The summed E-state index contributed by atoms with van der Waals surface area (Å²) >= 11 is 0. The van der Waals surface area contributed by atoms with E-state index in [1.807, 2.05) is 39.0 Å². The molecule has 0 aliphatic heterocycles. The highest BCUT2D eigenvalue weighted by Gasteiger charge is 2.31. The molecule has 1 aliphatic carbocycles. The van der Waals surface area contributed by atoms with Crippen LogP contribution in [-0.2, 0) is 27.7 Å². The Labute approximate surface area is 193 Å². The summed E-state index contributed by atoms with van der Waals surface area (Å²) in [6.45, 7) is 7.50. The molecule has 0 spiro atoms. The number of benzene rings is 1. The molecule has 0 unspecified atom stereocenters. The fourth-order valence-electron chi connectivity index (χ4n) is 3.59. The van der Waals surface area contributed by atoms with Crippen molar-refractivity contribution in [2.24, 2.45) is 5.92 Å². The summed E-state index contributed by atoms with van der Waals surface area (Å²) in [6.07, 6.45) is 1.75. The Morgan fingerprint density at radius 1 is 1.24 bits per heavy atom. The van der Waals surface area contributed by atoms with E-state index in [0.29, 0.717) is 5.69 Å². The summed E-state index contributed by atoms with van der Waals surface area (Å²) in [5.41, 5.74) is 7.86. The highest BCUT2D eigenvalue weighted by atomic mass is 32.2. The van der Waals surface area contributed by atoms with Crippen LogP contribution in [0.4, 0.5) is 5.69 Å². The van der Waals surface area contributed by atoms with Gasteiger partial charge < -0.3 is 20.6 Å². The molecule has 2 aromatic heterocycles. The van der Waals surface area contributed by atoms with E-state index in [-0.39, 0.29) is 41.3 Å². The monoisotopic (exact) mass is 473 g/mol. The third-order valence-corrected chi connectivity index (χ3v) is 7.37. The minimum absolute atomic E-state index is 0.000773. The zero-order valence-electron chi connectivity index (χ0n) is 19.4. The van der Waals surface area contributed by atoms with Gasteiger partial charge in [-0.1, -0.05) is 19.9 Å². The number of nitrogens with zero attached hydrogens (tertiary/aromatic N) is 2. The van der Waals surface area contributed by atoms with Crippen LogP contribution in [0.2, 0.25) is 0 Å². The number of aryl methyl sites for hydroxylation is 2. The van der Waals surface area contributed by atoms with E-state index in [1.165, 1.54) is 10.6 Å². The summed E-state index contributed by atoms with van der Waals surface area (Å²) in [7, 11) is -3.63. The van der Waals surface area contributed by atoms with Gasteiger partial charge in [-0.3, -0.25) is 9.59 Å². The molecule has 178 valence electrons. The van der Waals surface area contributed by atoms with Crippen LogP contribution in [0.1, 0.15) is 43.8 Å². The van der Waals surface area contributed by atoms with Crippen LogP contribution in [0, 0.1) is 19.8 Å². The van der Waals surface area contributed by atoms with E-state index in [9.17, 15) is 18.0 Å². The molecule has 0 radical (unpaired) electrons. The lowest BCUT2D eigenvalue weighted by atomic mass is 10.2. The summed E-state index contributed by atoms with van der Waals surface area (Å²) in [5, 5.41) is 2.78. The average Bonchev–Trinajstić information content (AvgIpc) is 3.50. The first-order valence-electron chi connectivity index (χ1n) is 11.1. The molecule has 0 atom stereocenters. The van der Waals surface area contributed by atoms with E-state index in [0.717, 1.165) is 35.3 Å². The van der Waals surface area contributed by atoms with Gasteiger partial charge in [0.2, 0.25) is 5.91 Å². The predicted octanol–water partition coefficient (Wildman–Crippen LogP) is 2.45. The molecule has 1 amide bonds. The molecule has 0 saturated heterocycles. The number of carbonyl (C=O) groups is 1. The van der Waals surface area contributed by atoms with E-state index in [2.05, 4.69) is 15.3 Å². The second kappa shape index (κ2) is 9.78. The van der Waals surface area contributed by atoms with Crippen molar-refractivity contribution in [1.82, 2.24) is 19.9 Å². The third kappa shape index (κ3) is 5.62. The van der Waals surface area contributed by atoms with Crippen molar-refractivity contribution < 1.29 is 13.2 Å². The Hall–Kier alpha value is -3.14. The number of carbonyl (C=O) groups excluding carboxylic acids is 1. The van der Waals surface area contributed by atoms with Crippen molar-refractivity contribution in [3.05, 3.63) is 51.7 Å². The van der Waals surface area contributed by atoms with Gasteiger partial charge in [-0.05, 0) is 56.4 Å². The van der Waals surface area contributed by atoms with Crippen LogP contribution in [0.15, 0.2) is 34.0 Å². The second-order valence-electron chi connectivity index (χ2n) is 8.13. The number of sulfone groups is 1. The molecule has 1 fully saturated rings. The zero-order chi connectivity index (χ0) is 24.3. The number of aromatic nitrogens is 3. The van der Waals surface area contributed by atoms with Gasteiger partial charge in [0.25, 0.3) is 5.56 Å². The lowest BCUT2D eigenvalue weighted by Gasteiger charge is -2.14. The van der Waals surface area contributed by atoms with E-state index < -0.39 is 15.4 Å². The fraction of sp³-hybridized carbons (Fsp3) is 0.435. The number of hydrogen-bond acceptors (Lipinski definition) is 6. The van der Waals surface area contributed by atoms with Gasteiger partial charge in [-0.15, -0.1) is 0 Å². The summed E-state index contributed by atoms with van der Waals surface area (Å²) in [6, 6.07) is 7.04. The van der Waals surface area contributed by atoms with E-state index in [1.54, 1.807) is 6.92 Å². The summed E-state index contributed by atoms with van der Waals surface area (Å²) < 4.78 is 26.4. The Bertz CT molecular complexity index is 1340. The zero-order valence-corrected chi connectivity index (χ0v) is 20.3. The number of anilines is 1. The Kier molecular flexibility index (Phi) is 7.26. The van der Waals surface area contributed by atoms with Crippen molar-refractivity contribution in [2.45, 2.75) is 58.5 Å². The molecule has 0 bridgehead atoms. The minimum Gasteiger partial charge on any atom is -0.393 e. The standard InChI is InChI=1S/C21H25N5O4S.C2H6/c1-12-7-18(31(29,30)11-14-3-4-14)20(22)21(28)26(12)10-19(27)23-9-15-5-6-16-17(8-15)25-13(2)24-16;1-2/h5-8,14H,3-4,9-11,22H2,1-2H3,(H,23,27)(H,24,25);1-2H3. The Balaban J connectivity index is 0.00000149. The second-order valence-corrected chi connectivity index (χ2v) is 10.1. The van der Waals surface area contributed by atoms with Crippen LogP contribution < -0.4 is 16.6 Å². The van der Waals surface area contributed by atoms with Crippen LogP contribution in [-0.4, -0.2) is 34.6 Å². The summed E-state index contributed by atoms with van der Waals surface area (Å²) in [4.78, 5) is 32.5. The molecule has 2 heterocycles. The largest absolute Gasteiger partial charge is 0.393 e. The van der Waals surface area contributed by atoms with Crippen molar-refractivity contribution in [1.29, 1.82) is 0 Å². The first-order valence-corrected chi connectivity index (χ1v) is 12.7. The number of nitrogens with two attached hydrogens (primary N) is 1. The molecule has 1 aromatic carbocycles. The molecule has 1 saturated carbocycles. The molecule has 9 nitrogen and oxygen atoms in total. The van der Waals surface area contributed by atoms with Crippen LogP contribution in [0.5, 0.6) is 0 Å². The number of H-pyrrole nitrogens is 1. The highest BCUT2D eigenvalue weighted by Crippen LogP contribution is 2.33. The van der Waals surface area contributed by atoms with Crippen LogP contribution >= 0.6 is 0 Å². The fourth-order valence-corrected chi connectivity index (χ4v) is 5.50. The molecule has 1 aliphatic rings. The first kappa shape index (κ1) is 24.5. The maximum Gasteiger partial charge on any atom is 0.275 e. The predicted molar refractivity (Wildman–Crippen MR) is 129 cm³/mol. The molecule has 10 heteroatoms.